The van der Waals surface area contributed by atoms with Crippen LogP contribution >= 0.6 is 15.9 Å². The number of aromatic nitrogens is 6. The molecule has 0 radical (unpaired) electrons. The summed E-state index contributed by atoms with van der Waals surface area (Å²) in [6.07, 6.45) is 0. The van der Waals surface area contributed by atoms with E-state index in [0.29, 0.717) is 29.8 Å². The van der Waals surface area contributed by atoms with Crippen LogP contribution in [-0.2, 0) is 6.54 Å². The minimum atomic E-state index is 0.320. The molecular formula is C23H19BrN6O2. The zero-order chi connectivity index (χ0) is 22.2. The first-order chi connectivity index (χ1) is 15.5. The van der Waals surface area contributed by atoms with Crippen LogP contribution in [0.5, 0.6) is 0 Å². The molecule has 160 valence electrons. The van der Waals surface area contributed by atoms with Crippen molar-refractivity contribution >= 4 is 15.9 Å². The number of rotatable bonds is 5. The van der Waals surface area contributed by atoms with E-state index in [4.69, 9.17) is 8.94 Å². The molecule has 0 unspecified atom stereocenters. The maximum atomic E-state index is 5.90. The van der Waals surface area contributed by atoms with Gasteiger partial charge < -0.3 is 8.94 Å². The lowest BCUT2D eigenvalue weighted by atomic mass is 10.1. The number of halogens is 1. The third kappa shape index (κ3) is 3.87. The van der Waals surface area contributed by atoms with E-state index in [1.807, 2.05) is 69.3 Å². The predicted molar refractivity (Wildman–Crippen MR) is 122 cm³/mol. The first kappa shape index (κ1) is 20.3. The summed E-state index contributed by atoms with van der Waals surface area (Å²) in [6, 6.07) is 15.8. The van der Waals surface area contributed by atoms with Crippen LogP contribution < -0.4 is 0 Å². The number of benzene rings is 2. The Morgan fingerprint density at radius 2 is 1.75 bits per heavy atom. The van der Waals surface area contributed by atoms with Crippen molar-refractivity contribution in [3.05, 3.63) is 75.7 Å². The van der Waals surface area contributed by atoms with Gasteiger partial charge in [-0.15, -0.1) is 5.10 Å². The zero-order valence-electron chi connectivity index (χ0n) is 17.7. The van der Waals surface area contributed by atoms with Crippen LogP contribution in [0.15, 0.2) is 61.9 Å². The summed E-state index contributed by atoms with van der Waals surface area (Å²) < 4.78 is 14.1. The lowest BCUT2D eigenvalue weighted by molar-refractivity contribution is 0.430. The highest BCUT2D eigenvalue weighted by Gasteiger charge is 2.20. The molecule has 0 aliphatic carbocycles. The molecule has 0 aliphatic rings. The summed E-state index contributed by atoms with van der Waals surface area (Å²) >= 11 is 3.46. The van der Waals surface area contributed by atoms with Gasteiger partial charge in [0.1, 0.15) is 11.5 Å². The van der Waals surface area contributed by atoms with E-state index in [1.165, 1.54) is 0 Å². The number of oxazole rings is 1. The van der Waals surface area contributed by atoms with Gasteiger partial charge in [0.2, 0.25) is 11.7 Å². The standard InChI is InChI=1S/C23H19BrN6O2/c1-13-6-4-8-17(10-13)22-25-19(15(3)31-22)12-30-14(2)20(27-29-30)23-26-21(28-32-23)16-7-5-9-18(24)11-16/h4-11H,12H2,1-3H3. The SMILES string of the molecule is Cc1cccc(-c2nc(Cn3nnc(-c4nc(-c5cccc(Br)c5)no4)c3C)c(C)o2)c1. The third-order valence-corrected chi connectivity index (χ3v) is 5.64. The van der Waals surface area contributed by atoms with E-state index in [-0.39, 0.29) is 0 Å². The Labute approximate surface area is 192 Å². The highest BCUT2D eigenvalue weighted by molar-refractivity contribution is 9.10. The van der Waals surface area contributed by atoms with Crippen LogP contribution in [0.3, 0.4) is 0 Å². The van der Waals surface area contributed by atoms with E-state index in [1.54, 1.807) is 4.68 Å². The second kappa shape index (κ2) is 8.16. The van der Waals surface area contributed by atoms with E-state index in [0.717, 1.165) is 38.3 Å². The van der Waals surface area contributed by atoms with Crippen LogP contribution in [0.1, 0.15) is 22.7 Å². The summed E-state index contributed by atoms with van der Waals surface area (Å²) in [5.74, 6) is 2.15. The third-order valence-electron chi connectivity index (χ3n) is 5.15. The summed E-state index contributed by atoms with van der Waals surface area (Å²) in [5, 5.41) is 12.6. The van der Waals surface area contributed by atoms with Gasteiger partial charge in [0.15, 0.2) is 5.69 Å². The topological polar surface area (TPSA) is 95.7 Å². The molecule has 0 amide bonds. The molecule has 0 N–H and O–H groups in total. The average molecular weight is 491 g/mol. The van der Waals surface area contributed by atoms with Crippen molar-refractivity contribution in [2.24, 2.45) is 0 Å². The van der Waals surface area contributed by atoms with Crippen molar-refractivity contribution in [1.82, 2.24) is 30.1 Å². The second-order valence-corrected chi connectivity index (χ2v) is 8.42. The lowest BCUT2D eigenvalue weighted by Crippen LogP contribution is -2.05. The summed E-state index contributed by atoms with van der Waals surface area (Å²) in [6.45, 7) is 6.28. The lowest BCUT2D eigenvalue weighted by Gasteiger charge is -2.00. The summed E-state index contributed by atoms with van der Waals surface area (Å²) in [4.78, 5) is 9.17. The molecule has 0 bridgehead atoms. The number of nitrogens with zero attached hydrogens (tertiary/aromatic N) is 6. The van der Waals surface area contributed by atoms with Gasteiger partial charge in [-0.1, -0.05) is 56.1 Å². The fraction of sp³-hybridized carbons (Fsp3) is 0.174. The fourth-order valence-corrected chi connectivity index (χ4v) is 3.79. The smallest absolute Gasteiger partial charge is 0.280 e. The van der Waals surface area contributed by atoms with Crippen molar-refractivity contribution in [1.29, 1.82) is 0 Å². The van der Waals surface area contributed by atoms with Gasteiger partial charge in [-0.3, -0.25) is 0 Å². The quantitative estimate of drug-likeness (QED) is 0.326. The van der Waals surface area contributed by atoms with Gasteiger partial charge in [0, 0.05) is 15.6 Å². The highest BCUT2D eigenvalue weighted by atomic mass is 79.9. The van der Waals surface area contributed by atoms with Crippen molar-refractivity contribution in [2.45, 2.75) is 27.3 Å². The van der Waals surface area contributed by atoms with E-state index in [2.05, 4.69) is 41.4 Å². The van der Waals surface area contributed by atoms with Crippen LogP contribution in [0.4, 0.5) is 0 Å². The Hall–Kier alpha value is -3.59. The molecule has 2 aromatic carbocycles. The molecule has 0 saturated heterocycles. The first-order valence-corrected chi connectivity index (χ1v) is 10.8. The summed E-state index contributed by atoms with van der Waals surface area (Å²) in [7, 11) is 0. The number of hydrogen-bond acceptors (Lipinski definition) is 7. The Morgan fingerprint density at radius 3 is 2.56 bits per heavy atom. The predicted octanol–water partition coefficient (Wildman–Crippen LogP) is 5.39. The van der Waals surface area contributed by atoms with Crippen molar-refractivity contribution in [3.63, 3.8) is 0 Å². The molecule has 0 saturated carbocycles. The molecule has 0 atom stereocenters. The Kier molecular flexibility index (Phi) is 5.18. The van der Waals surface area contributed by atoms with Gasteiger partial charge in [0.05, 0.1) is 12.2 Å². The Bertz CT molecular complexity index is 1420. The van der Waals surface area contributed by atoms with Crippen LogP contribution in [0.2, 0.25) is 0 Å². The monoisotopic (exact) mass is 490 g/mol. The highest BCUT2D eigenvalue weighted by Crippen LogP contribution is 2.26. The average Bonchev–Trinajstić information content (AvgIpc) is 3.48. The molecule has 0 spiro atoms. The fourth-order valence-electron chi connectivity index (χ4n) is 3.39. The molecule has 5 aromatic rings. The number of hydrogen-bond donors (Lipinski definition) is 0. The van der Waals surface area contributed by atoms with Crippen molar-refractivity contribution < 1.29 is 8.94 Å². The van der Waals surface area contributed by atoms with Crippen LogP contribution in [0.25, 0.3) is 34.4 Å². The van der Waals surface area contributed by atoms with E-state index < -0.39 is 0 Å². The largest absolute Gasteiger partial charge is 0.441 e. The minimum absolute atomic E-state index is 0.320. The normalized spacial score (nSPS) is 11.2. The van der Waals surface area contributed by atoms with Gasteiger partial charge >= 0.3 is 0 Å². The molecule has 5 rings (SSSR count). The second-order valence-electron chi connectivity index (χ2n) is 7.51. The van der Waals surface area contributed by atoms with Gasteiger partial charge in [0.25, 0.3) is 5.89 Å². The van der Waals surface area contributed by atoms with E-state index in [9.17, 15) is 0 Å². The zero-order valence-corrected chi connectivity index (χ0v) is 19.3. The molecule has 8 nitrogen and oxygen atoms in total. The molecular weight excluding hydrogens is 472 g/mol. The molecule has 9 heteroatoms. The Balaban J connectivity index is 1.41. The van der Waals surface area contributed by atoms with Gasteiger partial charge in [-0.25, -0.2) is 9.67 Å². The maximum Gasteiger partial charge on any atom is 0.280 e. The molecule has 0 aliphatic heterocycles. The van der Waals surface area contributed by atoms with Crippen LogP contribution in [-0.4, -0.2) is 30.1 Å². The van der Waals surface area contributed by atoms with Gasteiger partial charge in [-0.05, 0) is 45.0 Å². The Morgan fingerprint density at radius 1 is 0.938 bits per heavy atom. The number of aryl methyl sites for hydroxylation is 2. The molecule has 32 heavy (non-hydrogen) atoms. The van der Waals surface area contributed by atoms with E-state index >= 15 is 0 Å². The molecule has 3 aromatic heterocycles. The van der Waals surface area contributed by atoms with Crippen LogP contribution in [0, 0.1) is 20.8 Å². The van der Waals surface area contributed by atoms with Gasteiger partial charge in [-0.2, -0.15) is 4.98 Å². The van der Waals surface area contributed by atoms with Crippen molar-refractivity contribution in [3.8, 4) is 34.4 Å². The molecule has 3 heterocycles. The summed E-state index contributed by atoms with van der Waals surface area (Å²) in [5.41, 5.74) is 5.08. The maximum absolute atomic E-state index is 5.90. The minimum Gasteiger partial charge on any atom is -0.441 e. The molecule has 0 fully saturated rings. The first-order valence-electron chi connectivity index (χ1n) is 10.0. The van der Waals surface area contributed by atoms with Crippen molar-refractivity contribution in [2.75, 3.05) is 0 Å².